The van der Waals surface area contributed by atoms with Crippen molar-refractivity contribution < 1.29 is 14.6 Å². The van der Waals surface area contributed by atoms with Crippen LogP contribution in [-0.4, -0.2) is 11.1 Å². The Balaban J connectivity index is 2.36. The van der Waals surface area contributed by atoms with Crippen LogP contribution in [0.2, 0.25) is 0 Å². The Morgan fingerprint density at radius 3 is 2.55 bits per heavy atom. The first-order valence-corrected chi connectivity index (χ1v) is 5.59. The summed E-state index contributed by atoms with van der Waals surface area (Å²) in [5.41, 5.74) is 0.565. The van der Waals surface area contributed by atoms with E-state index in [0.717, 1.165) is 0 Å². The predicted molar refractivity (Wildman–Crippen MR) is 69.3 cm³/mol. The molecule has 0 atom stereocenters. The zero-order chi connectivity index (χ0) is 14.5. The summed E-state index contributed by atoms with van der Waals surface area (Å²) in [4.78, 5) is 10.8. The highest BCUT2D eigenvalue weighted by molar-refractivity contribution is 5.88. The second-order valence-electron chi connectivity index (χ2n) is 3.87. The number of hydrogen-bond donors (Lipinski definition) is 1. The summed E-state index contributed by atoms with van der Waals surface area (Å²) in [5.74, 6) is -0.462. The number of hydrogen-bond acceptors (Lipinski definition) is 4. The van der Waals surface area contributed by atoms with E-state index in [9.17, 15) is 4.79 Å². The second-order valence-corrected chi connectivity index (χ2v) is 3.87. The maximum atomic E-state index is 10.8. The standard InChI is InChI=1S/C15H8N2O3/c16-8-10-2-1-3-13(6-10)20-14-5-4-11(15(18)19)7-12(14)9-17/h1-7H,(H,18,19). The molecule has 1 N–H and O–H groups in total. The molecule has 0 aromatic heterocycles. The Morgan fingerprint density at radius 1 is 1.10 bits per heavy atom. The number of benzene rings is 2. The molecule has 0 aliphatic carbocycles. The minimum atomic E-state index is -1.11. The maximum absolute atomic E-state index is 10.8. The highest BCUT2D eigenvalue weighted by atomic mass is 16.5. The third-order valence-corrected chi connectivity index (χ3v) is 2.54. The number of rotatable bonds is 3. The largest absolute Gasteiger partial charge is 0.478 e. The van der Waals surface area contributed by atoms with Gasteiger partial charge >= 0.3 is 5.97 Å². The van der Waals surface area contributed by atoms with Gasteiger partial charge in [-0.3, -0.25) is 0 Å². The van der Waals surface area contributed by atoms with E-state index in [1.807, 2.05) is 12.1 Å². The van der Waals surface area contributed by atoms with Gasteiger partial charge in [-0.25, -0.2) is 4.79 Å². The summed E-state index contributed by atoms with van der Waals surface area (Å²) in [6.07, 6.45) is 0. The van der Waals surface area contributed by atoms with Crippen LogP contribution in [0.25, 0.3) is 0 Å². The Kier molecular flexibility index (Phi) is 3.65. The number of ether oxygens (including phenoxy) is 1. The molecule has 0 fully saturated rings. The van der Waals surface area contributed by atoms with E-state index in [-0.39, 0.29) is 16.9 Å². The predicted octanol–water partition coefficient (Wildman–Crippen LogP) is 2.92. The topological polar surface area (TPSA) is 94.1 Å². The van der Waals surface area contributed by atoms with Gasteiger partial charge in [-0.1, -0.05) is 6.07 Å². The number of nitrogens with zero attached hydrogens (tertiary/aromatic N) is 2. The van der Waals surface area contributed by atoms with Gasteiger partial charge < -0.3 is 9.84 Å². The SMILES string of the molecule is N#Cc1cccc(Oc2ccc(C(=O)O)cc2C#N)c1. The smallest absolute Gasteiger partial charge is 0.335 e. The average Bonchev–Trinajstić information content (AvgIpc) is 2.47. The first kappa shape index (κ1) is 13.1. The molecule has 5 heteroatoms. The molecule has 0 bridgehead atoms. The molecule has 96 valence electrons. The average molecular weight is 264 g/mol. The number of carboxylic acid groups (broad SMARTS) is 1. The molecule has 0 heterocycles. The minimum absolute atomic E-state index is 0.0136. The number of nitriles is 2. The zero-order valence-corrected chi connectivity index (χ0v) is 10.2. The Hall–Kier alpha value is -3.31. The normalized spacial score (nSPS) is 9.30. The van der Waals surface area contributed by atoms with Gasteiger partial charge in [0.05, 0.1) is 22.8 Å². The molecule has 2 aromatic carbocycles. The van der Waals surface area contributed by atoms with Crippen molar-refractivity contribution >= 4 is 5.97 Å². The van der Waals surface area contributed by atoms with Gasteiger partial charge in [-0.15, -0.1) is 0 Å². The Morgan fingerprint density at radius 2 is 1.90 bits per heavy atom. The van der Waals surface area contributed by atoms with Crippen LogP contribution in [0.15, 0.2) is 42.5 Å². The van der Waals surface area contributed by atoms with Crippen molar-refractivity contribution in [2.75, 3.05) is 0 Å². The van der Waals surface area contributed by atoms with Crippen molar-refractivity contribution in [1.82, 2.24) is 0 Å². The lowest BCUT2D eigenvalue weighted by atomic mass is 10.1. The van der Waals surface area contributed by atoms with E-state index in [4.69, 9.17) is 20.4 Å². The van der Waals surface area contributed by atoms with Crippen LogP contribution in [0.4, 0.5) is 0 Å². The van der Waals surface area contributed by atoms with Gasteiger partial charge in [-0.05, 0) is 36.4 Å². The molecule has 0 saturated carbocycles. The Labute approximate surface area is 114 Å². The summed E-state index contributed by atoms with van der Waals surface area (Å²) in [6.45, 7) is 0. The van der Waals surface area contributed by atoms with Crippen molar-refractivity contribution in [1.29, 1.82) is 10.5 Å². The lowest BCUT2D eigenvalue weighted by Gasteiger charge is -2.08. The second kappa shape index (κ2) is 5.55. The van der Waals surface area contributed by atoms with E-state index >= 15 is 0 Å². The van der Waals surface area contributed by atoms with Gasteiger partial charge in [0.25, 0.3) is 0 Å². The molecule has 0 radical (unpaired) electrons. The first-order valence-electron chi connectivity index (χ1n) is 5.59. The molecule has 0 unspecified atom stereocenters. The van der Waals surface area contributed by atoms with Crippen molar-refractivity contribution in [2.45, 2.75) is 0 Å². The van der Waals surface area contributed by atoms with Crippen LogP contribution < -0.4 is 4.74 Å². The summed E-state index contributed by atoms with van der Waals surface area (Å²) in [6, 6.07) is 14.4. The molecule has 2 rings (SSSR count). The van der Waals surface area contributed by atoms with Crippen LogP contribution in [0, 0.1) is 22.7 Å². The first-order chi connectivity index (χ1) is 9.63. The van der Waals surface area contributed by atoms with E-state index in [1.54, 1.807) is 18.2 Å². The van der Waals surface area contributed by atoms with Gasteiger partial charge in [0.2, 0.25) is 0 Å². The fraction of sp³-hybridized carbons (Fsp3) is 0. The molecule has 0 saturated heterocycles. The third-order valence-electron chi connectivity index (χ3n) is 2.54. The summed E-state index contributed by atoms with van der Waals surface area (Å²) < 4.78 is 5.51. The number of carbonyl (C=O) groups is 1. The van der Waals surface area contributed by atoms with Crippen molar-refractivity contribution in [2.24, 2.45) is 0 Å². The molecule has 20 heavy (non-hydrogen) atoms. The molecule has 0 spiro atoms. The molecule has 5 nitrogen and oxygen atoms in total. The third kappa shape index (κ3) is 2.74. The quantitative estimate of drug-likeness (QED) is 0.919. The lowest BCUT2D eigenvalue weighted by molar-refractivity contribution is 0.0697. The fourth-order valence-corrected chi connectivity index (χ4v) is 1.60. The summed E-state index contributed by atoms with van der Waals surface area (Å²) >= 11 is 0. The van der Waals surface area contributed by atoms with Crippen LogP contribution in [0.3, 0.4) is 0 Å². The Bertz CT molecular complexity index is 754. The van der Waals surface area contributed by atoms with Gasteiger partial charge in [0.15, 0.2) is 0 Å². The van der Waals surface area contributed by atoms with Crippen LogP contribution in [0.1, 0.15) is 21.5 Å². The van der Waals surface area contributed by atoms with Crippen molar-refractivity contribution in [3.8, 4) is 23.6 Å². The van der Waals surface area contributed by atoms with Crippen molar-refractivity contribution in [3.63, 3.8) is 0 Å². The van der Waals surface area contributed by atoms with E-state index in [1.165, 1.54) is 24.3 Å². The van der Waals surface area contributed by atoms with Crippen molar-refractivity contribution in [3.05, 3.63) is 59.2 Å². The van der Waals surface area contributed by atoms with E-state index < -0.39 is 5.97 Å². The molecule has 0 amide bonds. The van der Waals surface area contributed by atoms with Gasteiger partial charge in [-0.2, -0.15) is 10.5 Å². The summed E-state index contributed by atoms with van der Waals surface area (Å²) in [7, 11) is 0. The summed E-state index contributed by atoms with van der Waals surface area (Å²) in [5, 5.41) is 26.7. The van der Waals surface area contributed by atoms with E-state index in [0.29, 0.717) is 11.3 Å². The maximum Gasteiger partial charge on any atom is 0.335 e. The number of aromatic carboxylic acids is 1. The molecular formula is C15H8N2O3. The molecule has 0 aliphatic rings. The van der Waals surface area contributed by atoms with Gasteiger partial charge in [0, 0.05) is 0 Å². The lowest BCUT2D eigenvalue weighted by Crippen LogP contribution is -1.98. The van der Waals surface area contributed by atoms with Crippen LogP contribution in [0.5, 0.6) is 11.5 Å². The van der Waals surface area contributed by atoms with E-state index in [2.05, 4.69) is 0 Å². The van der Waals surface area contributed by atoms with Crippen LogP contribution in [-0.2, 0) is 0 Å². The molecule has 0 aliphatic heterocycles. The fourth-order valence-electron chi connectivity index (χ4n) is 1.60. The van der Waals surface area contributed by atoms with Crippen LogP contribution >= 0.6 is 0 Å². The molecule has 2 aromatic rings. The highest BCUT2D eigenvalue weighted by Crippen LogP contribution is 2.26. The van der Waals surface area contributed by atoms with Gasteiger partial charge in [0.1, 0.15) is 17.6 Å². The zero-order valence-electron chi connectivity index (χ0n) is 10.2. The molecular weight excluding hydrogens is 256 g/mol. The minimum Gasteiger partial charge on any atom is -0.478 e. The highest BCUT2D eigenvalue weighted by Gasteiger charge is 2.10. The number of carboxylic acids is 1. The monoisotopic (exact) mass is 264 g/mol.